The van der Waals surface area contributed by atoms with E-state index in [2.05, 4.69) is 22.2 Å². The number of hydrogen-bond donors (Lipinski definition) is 2. The van der Waals surface area contributed by atoms with Crippen molar-refractivity contribution in [3.05, 3.63) is 11.8 Å². The third kappa shape index (κ3) is 4.28. The summed E-state index contributed by atoms with van der Waals surface area (Å²) in [5.41, 5.74) is 0.316. The Kier molecular flexibility index (Phi) is 5.36. The topological polar surface area (TPSA) is 70.5 Å². The van der Waals surface area contributed by atoms with Gasteiger partial charge in [0.15, 0.2) is 0 Å². The maximum absolute atomic E-state index is 10.6. The molecule has 0 aliphatic carbocycles. The molecule has 1 aliphatic rings. The van der Waals surface area contributed by atoms with Crippen molar-refractivity contribution in [1.29, 1.82) is 0 Å². The maximum atomic E-state index is 10.6. The zero-order chi connectivity index (χ0) is 15.3. The highest BCUT2D eigenvalue weighted by atomic mass is 16.5. The molecule has 2 N–H and O–H groups in total. The summed E-state index contributed by atoms with van der Waals surface area (Å²) in [6.45, 7) is 6.75. The molecule has 0 aromatic carbocycles. The molecule has 118 valence electrons. The van der Waals surface area contributed by atoms with Gasteiger partial charge in [-0.1, -0.05) is 6.92 Å². The lowest BCUT2D eigenvalue weighted by atomic mass is 9.94. The second kappa shape index (κ2) is 7.04. The van der Waals surface area contributed by atoms with Crippen LogP contribution < -0.4 is 10.2 Å². The average molecular weight is 294 g/mol. The van der Waals surface area contributed by atoms with E-state index in [0.717, 1.165) is 24.3 Å². The standard InChI is InChI=1S/C15H26N4O2/c1-4-7-16-14-17-10-12(2)13(18-14)19(3)11-15(20)5-8-21-9-6-15/h10,20H,4-9,11H2,1-3H3,(H,16,17,18). The molecular weight excluding hydrogens is 268 g/mol. The summed E-state index contributed by atoms with van der Waals surface area (Å²) in [5, 5.41) is 13.8. The molecule has 1 fully saturated rings. The normalized spacial score (nSPS) is 17.5. The number of nitrogens with zero attached hydrogens (tertiary/aromatic N) is 3. The second-order valence-electron chi connectivity index (χ2n) is 5.82. The van der Waals surface area contributed by atoms with Crippen LogP contribution in [0.3, 0.4) is 0 Å². The molecule has 0 radical (unpaired) electrons. The first-order valence-corrected chi connectivity index (χ1v) is 7.63. The van der Waals surface area contributed by atoms with E-state index in [4.69, 9.17) is 4.74 Å². The van der Waals surface area contributed by atoms with Gasteiger partial charge in [0.05, 0.1) is 5.60 Å². The Bertz CT molecular complexity index is 461. The number of aliphatic hydroxyl groups is 1. The smallest absolute Gasteiger partial charge is 0.224 e. The Morgan fingerprint density at radius 1 is 1.43 bits per heavy atom. The van der Waals surface area contributed by atoms with Gasteiger partial charge in [-0.05, 0) is 13.3 Å². The zero-order valence-electron chi connectivity index (χ0n) is 13.2. The van der Waals surface area contributed by atoms with Gasteiger partial charge in [-0.2, -0.15) is 4.98 Å². The first kappa shape index (κ1) is 16.0. The first-order valence-electron chi connectivity index (χ1n) is 7.63. The second-order valence-corrected chi connectivity index (χ2v) is 5.82. The van der Waals surface area contributed by atoms with E-state index < -0.39 is 5.60 Å². The number of hydrogen-bond acceptors (Lipinski definition) is 6. The maximum Gasteiger partial charge on any atom is 0.224 e. The summed E-state index contributed by atoms with van der Waals surface area (Å²) in [5.74, 6) is 1.51. The van der Waals surface area contributed by atoms with Crippen molar-refractivity contribution >= 4 is 11.8 Å². The number of anilines is 2. The number of nitrogens with one attached hydrogen (secondary N) is 1. The number of aromatic nitrogens is 2. The largest absolute Gasteiger partial charge is 0.388 e. The van der Waals surface area contributed by atoms with E-state index in [9.17, 15) is 5.11 Å². The number of likely N-dealkylation sites (N-methyl/N-ethyl adjacent to an activating group) is 1. The van der Waals surface area contributed by atoms with Crippen LogP contribution in [-0.2, 0) is 4.74 Å². The minimum Gasteiger partial charge on any atom is -0.388 e. The molecule has 0 bridgehead atoms. The molecule has 1 aliphatic heterocycles. The van der Waals surface area contributed by atoms with Gasteiger partial charge in [0, 0.05) is 58.0 Å². The van der Waals surface area contributed by atoms with Crippen LogP contribution in [0.2, 0.25) is 0 Å². The lowest BCUT2D eigenvalue weighted by Crippen LogP contribution is -2.46. The van der Waals surface area contributed by atoms with Crippen molar-refractivity contribution in [2.75, 3.05) is 43.6 Å². The Morgan fingerprint density at radius 3 is 2.81 bits per heavy atom. The molecule has 0 spiro atoms. The summed E-state index contributed by atoms with van der Waals surface area (Å²) in [4.78, 5) is 10.9. The molecule has 1 aromatic rings. The van der Waals surface area contributed by atoms with Gasteiger partial charge >= 0.3 is 0 Å². The number of ether oxygens (including phenoxy) is 1. The Labute approximate surface area is 126 Å². The first-order chi connectivity index (χ1) is 10.0. The van der Waals surface area contributed by atoms with Crippen molar-refractivity contribution in [1.82, 2.24) is 9.97 Å². The average Bonchev–Trinajstić information content (AvgIpc) is 2.46. The molecule has 21 heavy (non-hydrogen) atoms. The van der Waals surface area contributed by atoms with E-state index in [1.807, 2.05) is 25.1 Å². The van der Waals surface area contributed by atoms with E-state index in [1.54, 1.807) is 0 Å². The monoisotopic (exact) mass is 294 g/mol. The predicted octanol–water partition coefficient (Wildman–Crippen LogP) is 1.58. The molecule has 1 aromatic heterocycles. The fourth-order valence-electron chi connectivity index (χ4n) is 2.57. The van der Waals surface area contributed by atoms with Gasteiger partial charge in [0.2, 0.25) is 5.95 Å². The predicted molar refractivity (Wildman–Crippen MR) is 83.8 cm³/mol. The van der Waals surface area contributed by atoms with Crippen LogP contribution in [0.25, 0.3) is 0 Å². The van der Waals surface area contributed by atoms with Gasteiger partial charge in [0.1, 0.15) is 5.82 Å². The van der Waals surface area contributed by atoms with Gasteiger partial charge in [0.25, 0.3) is 0 Å². The number of rotatable bonds is 6. The molecule has 6 heteroatoms. The van der Waals surface area contributed by atoms with E-state index in [1.165, 1.54) is 0 Å². The summed E-state index contributed by atoms with van der Waals surface area (Å²) in [7, 11) is 1.96. The van der Waals surface area contributed by atoms with Gasteiger partial charge in [-0.25, -0.2) is 4.98 Å². The van der Waals surface area contributed by atoms with Crippen molar-refractivity contribution in [2.45, 2.75) is 38.7 Å². The molecule has 1 saturated heterocycles. The minimum atomic E-state index is -0.693. The zero-order valence-corrected chi connectivity index (χ0v) is 13.2. The summed E-state index contributed by atoms with van der Waals surface area (Å²) in [6.07, 6.45) is 4.19. The van der Waals surface area contributed by atoms with Crippen molar-refractivity contribution in [2.24, 2.45) is 0 Å². The Hall–Kier alpha value is -1.40. The third-order valence-corrected chi connectivity index (χ3v) is 3.79. The Balaban J connectivity index is 2.08. The van der Waals surface area contributed by atoms with Crippen LogP contribution in [-0.4, -0.2) is 54.0 Å². The lowest BCUT2D eigenvalue weighted by Gasteiger charge is -2.36. The Morgan fingerprint density at radius 2 is 2.14 bits per heavy atom. The third-order valence-electron chi connectivity index (χ3n) is 3.79. The molecule has 2 rings (SSSR count). The highest BCUT2D eigenvalue weighted by Gasteiger charge is 2.31. The van der Waals surface area contributed by atoms with Crippen LogP contribution >= 0.6 is 0 Å². The highest BCUT2D eigenvalue weighted by molar-refractivity contribution is 5.48. The molecule has 6 nitrogen and oxygen atoms in total. The van der Waals surface area contributed by atoms with Gasteiger partial charge in [-0.3, -0.25) is 0 Å². The molecule has 0 atom stereocenters. The van der Waals surface area contributed by atoms with Crippen LogP contribution in [0.15, 0.2) is 6.20 Å². The number of aryl methyl sites for hydroxylation is 1. The van der Waals surface area contributed by atoms with E-state index >= 15 is 0 Å². The van der Waals surface area contributed by atoms with Crippen LogP contribution in [0, 0.1) is 6.92 Å². The fourth-order valence-corrected chi connectivity index (χ4v) is 2.57. The van der Waals surface area contributed by atoms with E-state index in [0.29, 0.717) is 38.5 Å². The summed E-state index contributed by atoms with van der Waals surface area (Å²) >= 11 is 0. The molecule has 0 unspecified atom stereocenters. The SMILES string of the molecule is CCCNc1ncc(C)c(N(C)CC2(O)CCOCC2)n1. The van der Waals surface area contributed by atoms with Crippen LogP contribution in [0.1, 0.15) is 31.7 Å². The molecule has 2 heterocycles. The van der Waals surface area contributed by atoms with Crippen molar-refractivity contribution in [3.63, 3.8) is 0 Å². The molecule has 0 amide bonds. The van der Waals surface area contributed by atoms with Gasteiger partial charge < -0.3 is 20.1 Å². The van der Waals surface area contributed by atoms with Crippen LogP contribution in [0.4, 0.5) is 11.8 Å². The molecule has 0 saturated carbocycles. The van der Waals surface area contributed by atoms with Gasteiger partial charge in [-0.15, -0.1) is 0 Å². The lowest BCUT2D eigenvalue weighted by molar-refractivity contribution is -0.0573. The van der Waals surface area contributed by atoms with E-state index in [-0.39, 0.29) is 0 Å². The fraction of sp³-hybridized carbons (Fsp3) is 0.733. The molecular formula is C15H26N4O2. The van der Waals surface area contributed by atoms with Crippen molar-refractivity contribution < 1.29 is 9.84 Å². The minimum absolute atomic E-state index is 0.557. The quantitative estimate of drug-likeness (QED) is 0.830. The van der Waals surface area contributed by atoms with Crippen LogP contribution in [0.5, 0.6) is 0 Å². The summed E-state index contributed by atoms with van der Waals surface area (Å²) < 4.78 is 5.33. The highest BCUT2D eigenvalue weighted by Crippen LogP contribution is 2.25. The summed E-state index contributed by atoms with van der Waals surface area (Å²) in [6, 6.07) is 0. The van der Waals surface area contributed by atoms with Crippen molar-refractivity contribution in [3.8, 4) is 0 Å².